The second kappa shape index (κ2) is 10.5. The number of nitrogens with one attached hydrogen (secondary N) is 2. The molecule has 0 spiro atoms. The summed E-state index contributed by atoms with van der Waals surface area (Å²) in [5.74, 6) is -0.738. The van der Waals surface area contributed by atoms with Gasteiger partial charge in [0.15, 0.2) is 5.11 Å². The fourth-order valence-electron chi connectivity index (χ4n) is 5.04. The fourth-order valence-corrected chi connectivity index (χ4v) is 5.38. The Balaban J connectivity index is 1.47. The molecule has 5 rings (SSSR count). The SMILES string of the molecule is Cc1cc([C@H]2[C@H](c3ccccn3)NC(=S)N2CCC(=O)Nc2ccccc2F)c(C)n1-c1ccccc1. The van der Waals surface area contributed by atoms with E-state index in [4.69, 9.17) is 12.2 Å². The molecule has 4 aromatic rings. The topological polar surface area (TPSA) is 62.2 Å². The number of hydrogen-bond acceptors (Lipinski definition) is 3. The van der Waals surface area contributed by atoms with Gasteiger partial charge >= 0.3 is 0 Å². The number of para-hydroxylation sites is 2. The molecule has 0 bridgehead atoms. The van der Waals surface area contributed by atoms with Crippen molar-refractivity contribution in [2.45, 2.75) is 32.4 Å². The molecule has 0 aliphatic carbocycles. The average Bonchev–Trinajstić information content (AvgIpc) is 3.39. The average molecular weight is 514 g/mol. The quantitative estimate of drug-likeness (QED) is 0.314. The Morgan fingerprint density at radius 1 is 1.05 bits per heavy atom. The first-order chi connectivity index (χ1) is 17.9. The van der Waals surface area contributed by atoms with Crippen LogP contribution >= 0.6 is 12.2 Å². The molecule has 0 saturated carbocycles. The Labute approximate surface area is 221 Å². The van der Waals surface area contributed by atoms with E-state index in [1.54, 1.807) is 24.4 Å². The van der Waals surface area contributed by atoms with Gasteiger partial charge in [0, 0.05) is 36.2 Å². The van der Waals surface area contributed by atoms with E-state index in [1.807, 2.05) is 41.3 Å². The molecule has 2 aromatic heterocycles. The lowest BCUT2D eigenvalue weighted by Gasteiger charge is -2.28. The lowest BCUT2D eigenvalue weighted by atomic mass is 9.96. The van der Waals surface area contributed by atoms with Crippen molar-refractivity contribution in [3.05, 3.63) is 114 Å². The highest BCUT2D eigenvalue weighted by molar-refractivity contribution is 7.80. The molecule has 8 heteroatoms. The number of pyridine rings is 1. The summed E-state index contributed by atoms with van der Waals surface area (Å²) in [6.45, 7) is 4.57. The van der Waals surface area contributed by atoms with Crippen LogP contribution in [0.1, 0.15) is 41.1 Å². The van der Waals surface area contributed by atoms with Gasteiger partial charge in [0.25, 0.3) is 0 Å². The molecule has 3 heterocycles. The monoisotopic (exact) mass is 513 g/mol. The number of thiocarbonyl (C=S) groups is 1. The number of carbonyl (C=O) groups excluding carboxylic acids is 1. The van der Waals surface area contributed by atoms with Crippen molar-refractivity contribution in [2.24, 2.45) is 0 Å². The van der Waals surface area contributed by atoms with Crippen LogP contribution in [0.4, 0.5) is 10.1 Å². The molecule has 2 atom stereocenters. The number of carbonyl (C=O) groups is 1. The summed E-state index contributed by atoms with van der Waals surface area (Å²) in [4.78, 5) is 19.4. The molecular weight excluding hydrogens is 485 g/mol. The van der Waals surface area contributed by atoms with Crippen LogP contribution in [-0.2, 0) is 4.79 Å². The maximum atomic E-state index is 14.0. The van der Waals surface area contributed by atoms with Gasteiger partial charge in [-0.1, -0.05) is 36.4 Å². The third-order valence-electron chi connectivity index (χ3n) is 6.73. The van der Waals surface area contributed by atoms with Crippen molar-refractivity contribution < 1.29 is 9.18 Å². The van der Waals surface area contributed by atoms with E-state index in [9.17, 15) is 9.18 Å². The van der Waals surface area contributed by atoms with Crippen molar-refractivity contribution in [1.29, 1.82) is 0 Å². The van der Waals surface area contributed by atoms with Crippen molar-refractivity contribution in [3.63, 3.8) is 0 Å². The van der Waals surface area contributed by atoms with Gasteiger partial charge in [0.1, 0.15) is 5.82 Å². The minimum absolute atomic E-state index is 0.152. The number of aryl methyl sites for hydroxylation is 1. The first-order valence-electron chi connectivity index (χ1n) is 12.2. The second-order valence-corrected chi connectivity index (χ2v) is 9.48. The van der Waals surface area contributed by atoms with E-state index >= 15 is 0 Å². The van der Waals surface area contributed by atoms with Crippen LogP contribution < -0.4 is 10.6 Å². The number of nitrogens with zero attached hydrogens (tertiary/aromatic N) is 3. The molecule has 1 aliphatic heterocycles. The van der Waals surface area contributed by atoms with Gasteiger partial charge < -0.3 is 20.1 Å². The lowest BCUT2D eigenvalue weighted by Crippen LogP contribution is -2.33. The molecule has 6 nitrogen and oxygen atoms in total. The van der Waals surface area contributed by atoms with Gasteiger partial charge in [-0.05, 0) is 74.1 Å². The van der Waals surface area contributed by atoms with E-state index in [0.29, 0.717) is 11.7 Å². The summed E-state index contributed by atoms with van der Waals surface area (Å²) < 4.78 is 16.3. The number of benzene rings is 2. The van der Waals surface area contributed by atoms with Crippen LogP contribution in [0.15, 0.2) is 85.1 Å². The molecule has 1 saturated heterocycles. The maximum Gasteiger partial charge on any atom is 0.226 e. The zero-order chi connectivity index (χ0) is 25.9. The van der Waals surface area contributed by atoms with Gasteiger partial charge in [-0.25, -0.2) is 4.39 Å². The van der Waals surface area contributed by atoms with Crippen molar-refractivity contribution >= 4 is 28.9 Å². The molecule has 2 aromatic carbocycles. The Kier molecular flexibility index (Phi) is 7.01. The van der Waals surface area contributed by atoms with E-state index in [1.165, 1.54) is 6.07 Å². The predicted molar refractivity (Wildman–Crippen MR) is 147 cm³/mol. The van der Waals surface area contributed by atoms with Gasteiger partial charge in [-0.3, -0.25) is 9.78 Å². The number of rotatable bonds is 7. The van der Waals surface area contributed by atoms with Crippen LogP contribution in [-0.4, -0.2) is 32.0 Å². The van der Waals surface area contributed by atoms with Crippen molar-refractivity contribution in [3.8, 4) is 5.69 Å². The van der Waals surface area contributed by atoms with Crippen LogP contribution in [0.25, 0.3) is 5.69 Å². The van der Waals surface area contributed by atoms with Gasteiger partial charge in [0.2, 0.25) is 5.91 Å². The molecule has 0 unspecified atom stereocenters. The van der Waals surface area contributed by atoms with Crippen LogP contribution in [0.3, 0.4) is 0 Å². The minimum Gasteiger partial charge on any atom is -0.352 e. The van der Waals surface area contributed by atoms with Crippen molar-refractivity contribution in [2.75, 3.05) is 11.9 Å². The Bertz CT molecular complexity index is 1420. The number of hydrogen-bond donors (Lipinski definition) is 2. The standard InChI is InChI=1S/C29H28FN5OS/c1-19-18-22(20(2)35(19)21-10-4-3-5-11-21)28-27(25-14-8-9-16-31-25)33-29(37)34(28)17-15-26(36)32-24-13-7-6-12-23(24)30/h3-14,16,18,27-28H,15,17H2,1-2H3,(H,32,36)(H,33,37)/t27-,28-/m0/s1. The predicted octanol–water partition coefficient (Wildman–Crippen LogP) is 5.63. The summed E-state index contributed by atoms with van der Waals surface area (Å²) in [5, 5.41) is 6.67. The zero-order valence-electron chi connectivity index (χ0n) is 20.7. The summed E-state index contributed by atoms with van der Waals surface area (Å²) in [7, 11) is 0. The van der Waals surface area contributed by atoms with Gasteiger partial charge in [-0.15, -0.1) is 0 Å². The summed E-state index contributed by atoms with van der Waals surface area (Å²) in [5.41, 5.74) is 5.44. The summed E-state index contributed by atoms with van der Waals surface area (Å²) >= 11 is 5.76. The molecule has 188 valence electrons. The second-order valence-electron chi connectivity index (χ2n) is 9.10. The normalized spacial score (nSPS) is 17.1. The van der Waals surface area contributed by atoms with E-state index < -0.39 is 5.82 Å². The van der Waals surface area contributed by atoms with Crippen LogP contribution in [0, 0.1) is 19.7 Å². The highest BCUT2D eigenvalue weighted by Crippen LogP contribution is 2.41. The molecule has 1 aliphatic rings. The lowest BCUT2D eigenvalue weighted by molar-refractivity contribution is -0.116. The molecule has 0 radical (unpaired) electrons. The van der Waals surface area contributed by atoms with Crippen LogP contribution in [0.2, 0.25) is 0 Å². The number of aromatic nitrogens is 2. The molecule has 1 fully saturated rings. The maximum absolute atomic E-state index is 14.0. The smallest absolute Gasteiger partial charge is 0.226 e. The number of halogens is 1. The molecule has 1 amide bonds. The molecule has 37 heavy (non-hydrogen) atoms. The van der Waals surface area contributed by atoms with E-state index in [2.05, 4.69) is 52.2 Å². The Hall–Kier alpha value is -4.04. The third-order valence-corrected chi connectivity index (χ3v) is 7.08. The van der Waals surface area contributed by atoms with Crippen molar-refractivity contribution in [1.82, 2.24) is 19.8 Å². The zero-order valence-corrected chi connectivity index (χ0v) is 21.5. The number of anilines is 1. The molecular formula is C29H28FN5OS. The molecule has 2 N–H and O–H groups in total. The first-order valence-corrected chi connectivity index (χ1v) is 12.6. The van der Waals surface area contributed by atoms with Gasteiger partial charge in [-0.2, -0.15) is 0 Å². The third kappa shape index (κ3) is 4.97. The number of amides is 1. The van der Waals surface area contributed by atoms with E-state index in [-0.39, 0.29) is 30.1 Å². The summed E-state index contributed by atoms with van der Waals surface area (Å²) in [6, 6.07) is 24.0. The Morgan fingerprint density at radius 3 is 2.51 bits per heavy atom. The van der Waals surface area contributed by atoms with Gasteiger partial charge in [0.05, 0.1) is 23.5 Å². The minimum atomic E-state index is -0.462. The largest absolute Gasteiger partial charge is 0.352 e. The van der Waals surface area contributed by atoms with Crippen LogP contribution in [0.5, 0.6) is 0 Å². The van der Waals surface area contributed by atoms with E-state index in [0.717, 1.165) is 28.3 Å². The highest BCUT2D eigenvalue weighted by Gasteiger charge is 2.41. The fraction of sp³-hybridized carbons (Fsp3) is 0.207. The highest BCUT2D eigenvalue weighted by atomic mass is 32.1. The summed E-state index contributed by atoms with van der Waals surface area (Å²) in [6.07, 6.45) is 1.92. The first kappa shape index (κ1) is 24.6. The Morgan fingerprint density at radius 2 is 1.78 bits per heavy atom.